The van der Waals surface area contributed by atoms with Crippen LogP contribution in [0, 0.1) is 6.92 Å². The monoisotopic (exact) mass is 414 g/mol. The maximum atomic E-state index is 12.2. The first kappa shape index (κ1) is 21.0. The van der Waals surface area contributed by atoms with E-state index < -0.39 is 0 Å². The van der Waals surface area contributed by atoms with Crippen molar-refractivity contribution < 1.29 is 14.3 Å². The Balaban J connectivity index is 1.92. The minimum Gasteiger partial charge on any atom is -0.493 e. The van der Waals surface area contributed by atoms with Crippen LogP contribution in [0.4, 0.5) is 0 Å². The highest BCUT2D eigenvalue weighted by Crippen LogP contribution is 2.34. The summed E-state index contributed by atoms with van der Waals surface area (Å²) in [5.41, 5.74) is 3.42. The van der Waals surface area contributed by atoms with E-state index in [9.17, 15) is 4.79 Å². The number of aryl methyl sites for hydroxylation is 1. The zero-order valence-electron chi connectivity index (χ0n) is 17.4. The first-order valence-electron chi connectivity index (χ1n) is 9.46. The van der Waals surface area contributed by atoms with E-state index in [1.165, 1.54) is 11.8 Å². The molecule has 8 heteroatoms. The molecule has 3 aromatic rings. The third kappa shape index (κ3) is 4.64. The van der Waals surface area contributed by atoms with Gasteiger partial charge in [0.2, 0.25) is 5.91 Å². The second-order valence-corrected chi connectivity index (χ2v) is 7.76. The molecule has 1 amide bonds. The van der Waals surface area contributed by atoms with Crippen molar-refractivity contribution in [2.24, 2.45) is 0 Å². The average molecular weight is 415 g/mol. The smallest absolute Gasteiger partial charge is 0.230 e. The lowest BCUT2D eigenvalue weighted by Crippen LogP contribution is -2.33. The van der Waals surface area contributed by atoms with E-state index in [2.05, 4.69) is 15.4 Å². The van der Waals surface area contributed by atoms with Crippen LogP contribution in [0.1, 0.15) is 26.0 Å². The Labute approximate surface area is 174 Å². The van der Waals surface area contributed by atoms with Crippen LogP contribution >= 0.6 is 11.8 Å². The number of nitrogens with zero attached hydrogens (tertiary/aromatic N) is 3. The van der Waals surface area contributed by atoms with Crippen LogP contribution in [-0.4, -0.2) is 46.5 Å². The van der Waals surface area contributed by atoms with Crippen molar-refractivity contribution in [3.8, 4) is 22.6 Å². The van der Waals surface area contributed by atoms with Gasteiger partial charge in [-0.25, -0.2) is 9.50 Å². The van der Waals surface area contributed by atoms with Crippen LogP contribution < -0.4 is 14.8 Å². The Morgan fingerprint density at radius 2 is 2.00 bits per heavy atom. The van der Waals surface area contributed by atoms with Gasteiger partial charge in [0.15, 0.2) is 17.1 Å². The number of ether oxygens (including phenoxy) is 2. The molecule has 1 N–H and O–H groups in total. The van der Waals surface area contributed by atoms with Crippen molar-refractivity contribution in [1.29, 1.82) is 0 Å². The second kappa shape index (κ2) is 9.17. The number of hydrogen-bond donors (Lipinski definition) is 1. The molecule has 0 spiro atoms. The van der Waals surface area contributed by atoms with Gasteiger partial charge in [0, 0.05) is 17.3 Å². The van der Waals surface area contributed by atoms with Gasteiger partial charge in [0.05, 0.1) is 26.2 Å². The van der Waals surface area contributed by atoms with E-state index in [0.717, 1.165) is 33.9 Å². The van der Waals surface area contributed by atoms with Crippen molar-refractivity contribution in [1.82, 2.24) is 19.9 Å². The largest absolute Gasteiger partial charge is 0.493 e. The molecule has 1 aromatic carbocycles. The minimum atomic E-state index is 0.0132. The molecule has 0 radical (unpaired) electrons. The van der Waals surface area contributed by atoms with E-state index in [0.29, 0.717) is 17.3 Å². The van der Waals surface area contributed by atoms with Gasteiger partial charge in [-0.05, 0) is 44.0 Å². The molecular formula is C21H26N4O3S. The van der Waals surface area contributed by atoms with Gasteiger partial charge in [-0.15, -0.1) is 0 Å². The lowest BCUT2D eigenvalue weighted by atomic mass is 10.1. The standard InChI is InChI=1S/C21H26N4O3S/c1-6-13(2)23-19(26)12-29-20-9-14(3)24-21-16(11-22-25(20)21)15-7-8-17(27-4)18(10-15)28-5/h7-11,13H,6,12H2,1-5H3,(H,23,26)/t13-/m0/s1. The maximum absolute atomic E-state index is 12.2. The summed E-state index contributed by atoms with van der Waals surface area (Å²) in [4.78, 5) is 16.8. The first-order valence-corrected chi connectivity index (χ1v) is 10.4. The fraction of sp³-hybridized carbons (Fsp3) is 0.381. The summed E-state index contributed by atoms with van der Waals surface area (Å²) in [6.45, 7) is 5.99. The Morgan fingerprint density at radius 3 is 2.69 bits per heavy atom. The van der Waals surface area contributed by atoms with E-state index in [-0.39, 0.29) is 11.9 Å². The predicted molar refractivity (Wildman–Crippen MR) is 115 cm³/mol. The van der Waals surface area contributed by atoms with Gasteiger partial charge in [0.25, 0.3) is 0 Å². The number of nitrogens with one attached hydrogen (secondary N) is 1. The number of hydrogen-bond acceptors (Lipinski definition) is 6. The molecule has 0 unspecified atom stereocenters. The summed E-state index contributed by atoms with van der Waals surface area (Å²) in [5.74, 6) is 1.65. The van der Waals surface area contributed by atoms with Gasteiger partial charge in [-0.3, -0.25) is 4.79 Å². The van der Waals surface area contributed by atoms with Crippen LogP contribution in [0.25, 0.3) is 16.8 Å². The van der Waals surface area contributed by atoms with E-state index in [1.807, 2.05) is 45.0 Å². The summed E-state index contributed by atoms with van der Waals surface area (Å²) < 4.78 is 12.5. The fourth-order valence-corrected chi connectivity index (χ4v) is 3.79. The minimum absolute atomic E-state index is 0.0132. The number of carbonyl (C=O) groups is 1. The van der Waals surface area contributed by atoms with E-state index >= 15 is 0 Å². The van der Waals surface area contributed by atoms with E-state index in [1.54, 1.807) is 24.9 Å². The van der Waals surface area contributed by atoms with Crippen LogP contribution in [-0.2, 0) is 4.79 Å². The molecule has 7 nitrogen and oxygen atoms in total. The maximum Gasteiger partial charge on any atom is 0.230 e. The van der Waals surface area contributed by atoms with E-state index in [4.69, 9.17) is 9.47 Å². The van der Waals surface area contributed by atoms with Gasteiger partial charge in [0.1, 0.15) is 5.03 Å². The quantitative estimate of drug-likeness (QED) is 0.447. The zero-order valence-corrected chi connectivity index (χ0v) is 18.2. The van der Waals surface area contributed by atoms with Crippen LogP contribution in [0.2, 0.25) is 0 Å². The number of amides is 1. The number of methoxy groups -OCH3 is 2. The van der Waals surface area contributed by atoms with Crippen molar-refractivity contribution >= 4 is 23.3 Å². The molecule has 29 heavy (non-hydrogen) atoms. The Morgan fingerprint density at radius 1 is 1.24 bits per heavy atom. The first-order chi connectivity index (χ1) is 14.0. The summed E-state index contributed by atoms with van der Waals surface area (Å²) in [5, 5.41) is 8.38. The van der Waals surface area contributed by atoms with Crippen LogP contribution in [0.5, 0.6) is 11.5 Å². The number of thioether (sulfide) groups is 1. The molecule has 3 rings (SSSR count). The summed E-state index contributed by atoms with van der Waals surface area (Å²) in [6, 6.07) is 7.84. The Bertz CT molecular complexity index is 1020. The molecule has 0 fully saturated rings. The molecule has 0 aliphatic carbocycles. The number of carbonyl (C=O) groups excluding carboxylic acids is 1. The summed E-state index contributed by atoms with van der Waals surface area (Å²) in [7, 11) is 3.22. The van der Waals surface area contributed by atoms with Crippen molar-refractivity contribution in [3.63, 3.8) is 0 Å². The molecule has 1 atom stereocenters. The zero-order chi connectivity index (χ0) is 21.0. The van der Waals surface area contributed by atoms with Gasteiger partial charge >= 0.3 is 0 Å². The van der Waals surface area contributed by atoms with Gasteiger partial charge < -0.3 is 14.8 Å². The molecular weight excluding hydrogens is 388 g/mol. The highest BCUT2D eigenvalue weighted by Gasteiger charge is 2.15. The Hall–Kier alpha value is -2.74. The normalized spacial score (nSPS) is 12.0. The van der Waals surface area contributed by atoms with Crippen molar-refractivity contribution in [2.45, 2.75) is 38.3 Å². The Kier molecular flexibility index (Phi) is 6.64. The third-order valence-electron chi connectivity index (χ3n) is 4.63. The average Bonchev–Trinajstić information content (AvgIpc) is 3.15. The third-order valence-corrected chi connectivity index (χ3v) is 5.63. The summed E-state index contributed by atoms with van der Waals surface area (Å²) in [6.07, 6.45) is 2.69. The molecule has 0 saturated heterocycles. The van der Waals surface area contributed by atoms with Crippen molar-refractivity contribution in [2.75, 3.05) is 20.0 Å². The highest BCUT2D eigenvalue weighted by molar-refractivity contribution is 7.99. The lowest BCUT2D eigenvalue weighted by Gasteiger charge is -2.12. The molecule has 0 aliphatic rings. The topological polar surface area (TPSA) is 77.8 Å². The van der Waals surface area contributed by atoms with Gasteiger partial charge in [-0.2, -0.15) is 5.10 Å². The number of aromatic nitrogens is 3. The molecule has 2 heterocycles. The molecule has 154 valence electrons. The lowest BCUT2D eigenvalue weighted by molar-refractivity contribution is -0.119. The summed E-state index contributed by atoms with van der Waals surface area (Å²) >= 11 is 1.45. The molecule has 2 aromatic heterocycles. The number of benzene rings is 1. The number of fused-ring (bicyclic) bond motifs is 1. The second-order valence-electron chi connectivity index (χ2n) is 6.76. The predicted octanol–water partition coefficient (Wildman–Crippen LogP) is 3.73. The van der Waals surface area contributed by atoms with Gasteiger partial charge in [-0.1, -0.05) is 24.8 Å². The molecule has 0 bridgehead atoms. The molecule has 0 saturated carbocycles. The fourth-order valence-electron chi connectivity index (χ4n) is 2.92. The number of rotatable bonds is 8. The van der Waals surface area contributed by atoms with Crippen molar-refractivity contribution in [3.05, 3.63) is 36.2 Å². The molecule has 0 aliphatic heterocycles. The van der Waals surface area contributed by atoms with Crippen LogP contribution in [0.3, 0.4) is 0 Å². The SMILES string of the molecule is CC[C@H](C)NC(=O)CSc1cc(C)nc2c(-c3ccc(OC)c(OC)c3)cnn12. The highest BCUT2D eigenvalue weighted by atomic mass is 32.2. The van der Waals surface area contributed by atoms with Crippen LogP contribution in [0.15, 0.2) is 35.5 Å².